The molecular formula is C18H31IN6O. The van der Waals surface area contributed by atoms with E-state index in [-0.39, 0.29) is 24.0 Å². The van der Waals surface area contributed by atoms with Gasteiger partial charge in [-0.2, -0.15) is 0 Å². The number of unbranched alkanes of at least 4 members (excludes halogenated alkanes) is 1. The largest absolute Gasteiger partial charge is 0.381 e. The summed E-state index contributed by atoms with van der Waals surface area (Å²) < 4.78 is 7.58. The van der Waals surface area contributed by atoms with Crippen LogP contribution in [0.2, 0.25) is 0 Å². The lowest BCUT2D eigenvalue weighted by molar-refractivity contribution is 0.129. The minimum absolute atomic E-state index is 0. The van der Waals surface area contributed by atoms with E-state index in [1.165, 1.54) is 6.42 Å². The summed E-state index contributed by atoms with van der Waals surface area (Å²) in [6.07, 6.45) is 7.14. The van der Waals surface area contributed by atoms with Gasteiger partial charge in [0.05, 0.1) is 0 Å². The summed E-state index contributed by atoms with van der Waals surface area (Å²) >= 11 is 0. The summed E-state index contributed by atoms with van der Waals surface area (Å²) in [5.74, 6) is 1.82. The second-order valence-corrected chi connectivity index (χ2v) is 5.89. The first kappa shape index (κ1) is 22.6. The molecule has 146 valence electrons. The van der Waals surface area contributed by atoms with Crippen LogP contribution in [0.4, 0.5) is 0 Å². The Labute approximate surface area is 173 Å². The molecule has 0 unspecified atom stereocenters. The summed E-state index contributed by atoms with van der Waals surface area (Å²) in [7, 11) is 1.79. The molecule has 0 radical (unpaired) electrons. The number of ether oxygens (including phenoxy) is 1. The monoisotopic (exact) mass is 474 g/mol. The predicted molar refractivity (Wildman–Crippen MR) is 116 cm³/mol. The maximum atomic E-state index is 5.55. The fraction of sp³-hybridized carbons (Fsp3) is 0.611. The molecule has 0 amide bonds. The third-order valence-electron chi connectivity index (χ3n) is 3.88. The number of pyridine rings is 1. The summed E-state index contributed by atoms with van der Waals surface area (Å²) in [5.41, 5.74) is 0.893. The van der Waals surface area contributed by atoms with E-state index in [0.717, 1.165) is 69.4 Å². The van der Waals surface area contributed by atoms with Crippen LogP contribution in [0.1, 0.15) is 38.4 Å². The molecule has 2 aromatic heterocycles. The number of fused-ring (bicyclic) bond motifs is 1. The molecule has 0 spiro atoms. The van der Waals surface area contributed by atoms with E-state index in [1.807, 2.05) is 28.8 Å². The Morgan fingerprint density at radius 3 is 2.65 bits per heavy atom. The van der Waals surface area contributed by atoms with Crippen LogP contribution >= 0.6 is 24.0 Å². The molecule has 2 N–H and O–H groups in total. The number of guanidine groups is 1. The van der Waals surface area contributed by atoms with Crippen molar-refractivity contribution in [3.05, 3.63) is 30.2 Å². The number of nitrogens with one attached hydrogen (secondary N) is 2. The van der Waals surface area contributed by atoms with Gasteiger partial charge in [-0.3, -0.25) is 9.39 Å². The van der Waals surface area contributed by atoms with Crippen molar-refractivity contribution in [2.24, 2.45) is 4.99 Å². The molecule has 2 aromatic rings. The van der Waals surface area contributed by atoms with Crippen LogP contribution < -0.4 is 10.6 Å². The fourth-order valence-electron chi connectivity index (χ4n) is 2.46. The van der Waals surface area contributed by atoms with Gasteiger partial charge in [0.25, 0.3) is 0 Å². The lowest BCUT2D eigenvalue weighted by atomic mass is 10.3. The van der Waals surface area contributed by atoms with Crippen molar-refractivity contribution in [2.75, 3.05) is 33.4 Å². The van der Waals surface area contributed by atoms with E-state index in [2.05, 4.69) is 32.7 Å². The van der Waals surface area contributed by atoms with Crippen molar-refractivity contribution in [3.63, 3.8) is 0 Å². The highest BCUT2D eigenvalue weighted by Gasteiger charge is 2.04. The molecule has 8 heteroatoms. The van der Waals surface area contributed by atoms with Crippen LogP contribution in [0.5, 0.6) is 0 Å². The molecular weight excluding hydrogens is 443 g/mol. The van der Waals surface area contributed by atoms with Crippen molar-refractivity contribution in [1.82, 2.24) is 25.2 Å². The van der Waals surface area contributed by atoms with Crippen LogP contribution in [0, 0.1) is 0 Å². The molecule has 0 aliphatic rings. The molecule has 0 fully saturated rings. The molecule has 0 bridgehead atoms. The van der Waals surface area contributed by atoms with E-state index in [1.54, 1.807) is 7.05 Å². The standard InChI is InChI=1S/C18H30N6O.HI/c1-3-4-14-25-15-8-12-21-18(19-2)20-11-7-10-17-23-22-16-9-5-6-13-24(16)17;/h5-6,9,13H,3-4,7-8,10-12,14-15H2,1-2H3,(H2,19,20,21);1H. The highest BCUT2D eigenvalue weighted by Crippen LogP contribution is 2.04. The zero-order chi connectivity index (χ0) is 17.7. The third-order valence-corrected chi connectivity index (χ3v) is 3.88. The summed E-state index contributed by atoms with van der Waals surface area (Å²) in [5, 5.41) is 15.1. The topological polar surface area (TPSA) is 75.8 Å². The summed E-state index contributed by atoms with van der Waals surface area (Å²) in [6.45, 7) is 5.53. The van der Waals surface area contributed by atoms with Gasteiger partial charge in [-0.15, -0.1) is 34.2 Å². The molecule has 0 saturated heterocycles. The van der Waals surface area contributed by atoms with E-state index >= 15 is 0 Å². The Morgan fingerprint density at radius 1 is 1.12 bits per heavy atom. The number of hydrogen-bond donors (Lipinski definition) is 2. The number of rotatable bonds is 11. The van der Waals surface area contributed by atoms with E-state index in [0.29, 0.717) is 0 Å². The second kappa shape index (κ2) is 13.7. The van der Waals surface area contributed by atoms with Gasteiger partial charge in [-0.1, -0.05) is 19.4 Å². The number of aryl methyl sites for hydroxylation is 1. The number of aliphatic imine (C=N–C) groups is 1. The molecule has 26 heavy (non-hydrogen) atoms. The van der Waals surface area contributed by atoms with Crippen LogP contribution in [-0.4, -0.2) is 53.9 Å². The molecule has 0 aliphatic carbocycles. The number of aromatic nitrogens is 3. The Kier molecular flexibility index (Phi) is 12.0. The molecule has 0 atom stereocenters. The zero-order valence-electron chi connectivity index (χ0n) is 15.8. The van der Waals surface area contributed by atoms with Gasteiger partial charge in [0.2, 0.25) is 0 Å². The maximum absolute atomic E-state index is 5.55. The first-order chi connectivity index (χ1) is 12.3. The van der Waals surface area contributed by atoms with Gasteiger partial charge in [0.15, 0.2) is 11.6 Å². The normalized spacial score (nSPS) is 11.4. The third kappa shape index (κ3) is 7.86. The Bertz CT molecular complexity index is 645. The van der Waals surface area contributed by atoms with Crippen molar-refractivity contribution < 1.29 is 4.74 Å². The van der Waals surface area contributed by atoms with Gasteiger partial charge < -0.3 is 15.4 Å². The molecule has 2 rings (SSSR count). The number of halogens is 1. The molecule has 2 heterocycles. The zero-order valence-corrected chi connectivity index (χ0v) is 18.1. The van der Waals surface area contributed by atoms with Crippen LogP contribution in [0.3, 0.4) is 0 Å². The molecule has 0 saturated carbocycles. The van der Waals surface area contributed by atoms with Crippen molar-refractivity contribution in [2.45, 2.75) is 39.0 Å². The first-order valence-electron chi connectivity index (χ1n) is 9.16. The van der Waals surface area contributed by atoms with Gasteiger partial charge >= 0.3 is 0 Å². The Balaban J connectivity index is 0.00000338. The van der Waals surface area contributed by atoms with Crippen molar-refractivity contribution in [1.29, 1.82) is 0 Å². The lowest BCUT2D eigenvalue weighted by Gasteiger charge is -2.11. The first-order valence-corrected chi connectivity index (χ1v) is 9.16. The molecule has 0 aromatic carbocycles. The second-order valence-electron chi connectivity index (χ2n) is 5.89. The predicted octanol–water partition coefficient (Wildman–Crippen LogP) is 2.65. The van der Waals surface area contributed by atoms with Crippen molar-refractivity contribution >= 4 is 35.6 Å². The van der Waals surface area contributed by atoms with Gasteiger partial charge in [-0.05, 0) is 31.4 Å². The smallest absolute Gasteiger partial charge is 0.190 e. The van der Waals surface area contributed by atoms with Gasteiger partial charge in [0.1, 0.15) is 5.82 Å². The summed E-state index contributed by atoms with van der Waals surface area (Å²) in [6, 6.07) is 5.93. The lowest BCUT2D eigenvalue weighted by Crippen LogP contribution is -2.38. The van der Waals surface area contributed by atoms with Crippen molar-refractivity contribution in [3.8, 4) is 0 Å². The minimum atomic E-state index is 0. The number of nitrogens with zero attached hydrogens (tertiary/aromatic N) is 4. The summed E-state index contributed by atoms with van der Waals surface area (Å²) in [4.78, 5) is 4.24. The average Bonchev–Trinajstić information content (AvgIpc) is 3.06. The van der Waals surface area contributed by atoms with Gasteiger partial charge in [-0.25, -0.2) is 0 Å². The van der Waals surface area contributed by atoms with Crippen LogP contribution in [0.25, 0.3) is 5.65 Å². The highest BCUT2D eigenvalue weighted by atomic mass is 127. The van der Waals surface area contributed by atoms with Crippen LogP contribution in [-0.2, 0) is 11.2 Å². The SMILES string of the molecule is CCCCOCCCNC(=NC)NCCCc1nnc2ccccn12.I. The van der Waals surface area contributed by atoms with Crippen LogP contribution in [0.15, 0.2) is 29.4 Å². The van der Waals surface area contributed by atoms with E-state index in [9.17, 15) is 0 Å². The Hall–Kier alpha value is -1.42. The fourth-order valence-corrected chi connectivity index (χ4v) is 2.46. The maximum Gasteiger partial charge on any atom is 0.190 e. The number of hydrogen-bond acceptors (Lipinski definition) is 4. The molecule has 7 nitrogen and oxygen atoms in total. The Morgan fingerprint density at radius 2 is 1.88 bits per heavy atom. The average molecular weight is 474 g/mol. The quantitative estimate of drug-likeness (QED) is 0.227. The molecule has 0 aliphatic heterocycles. The minimum Gasteiger partial charge on any atom is -0.381 e. The van der Waals surface area contributed by atoms with E-state index < -0.39 is 0 Å². The highest BCUT2D eigenvalue weighted by molar-refractivity contribution is 14.0. The van der Waals surface area contributed by atoms with Gasteiger partial charge in [0, 0.05) is 46.0 Å². The van der Waals surface area contributed by atoms with E-state index in [4.69, 9.17) is 4.74 Å².